The van der Waals surface area contributed by atoms with Crippen LogP contribution in [0.3, 0.4) is 0 Å². The molecule has 5 amide bonds. The number of nitrogens with one attached hydrogen (secondary N) is 1. The number of carbonyl (C=O) groups is 4. The van der Waals surface area contributed by atoms with Crippen molar-refractivity contribution in [3.63, 3.8) is 0 Å². The fraction of sp³-hybridized carbons (Fsp3) is 0.280. The van der Waals surface area contributed by atoms with Crippen LogP contribution < -0.4 is 10.1 Å². The molecular formula is C25H25N3O5. The lowest BCUT2D eigenvalue weighted by molar-refractivity contribution is -0.131. The maximum Gasteiger partial charge on any atom is 0.325 e. The van der Waals surface area contributed by atoms with Gasteiger partial charge in [0.2, 0.25) is 0 Å². The molecule has 0 aromatic heterocycles. The monoisotopic (exact) mass is 447 g/mol. The Labute approximate surface area is 191 Å². The van der Waals surface area contributed by atoms with E-state index < -0.39 is 11.6 Å². The molecule has 2 aliphatic rings. The summed E-state index contributed by atoms with van der Waals surface area (Å²) in [6.07, 6.45) is 0.286. The first-order valence-electron chi connectivity index (χ1n) is 10.7. The van der Waals surface area contributed by atoms with Gasteiger partial charge in [-0.25, -0.2) is 4.79 Å². The first kappa shape index (κ1) is 22.3. The number of urea groups is 1. The molecule has 2 aliphatic heterocycles. The Kier molecular flexibility index (Phi) is 5.76. The molecule has 0 radical (unpaired) electrons. The van der Waals surface area contributed by atoms with Crippen molar-refractivity contribution in [3.8, 4) is 5.75 Å². The van der Waals surface area contributed by atoms with E-state index in [9.17, 15) is 19.2 Å². The number of ether oxygens (including phenoxy) is 1. The molecule has 1 atom stereocenters. The van der Waals surface area contributed by atoms with E-state index in [0.29, 0.717) is 29.0 Å². The molecule has 8 nitrogen and oxygen atoms in total. The number of fused-ring (bicyclic) bond motifs is 1. The number of imide groups is 2. The molecular weight excluding hydrogens is 422 g/mol. The van der Waals surface area contributed by atoms with E-state index in [-0.39, 0.29) is 37.2 Å². The lowest BCUT2D eigenvalue weighted by Gasteiger charge is -2.23. The molecule has 33 heavy (non-hydrogen) atoms. The van der Waals surface area contributed by atoms with Crippen LogP contribution in [0.4, 0.5) is 4.79 Å². The van der Waals surface area contributed by atoms with Gasteiger partial charge in [-0.05, 0) is 55.7 Å². The number of hydrogen-bond acceptors (Lipinski definition) is 5. The Morgan fingerprint density at radius 3 is 2.09 bits per heavy atom. The van der Waals surface area contributed by atoms with Crippen LogP contribution in [0.15, 0.2) is 60.7 Å². The van der Waals surface area contributed by atoms with Gasteiger partial charge in [-0.3, -0.25) is 24.2 Å². The highest BCUT2D eigenvalue weighted by atomic mass is 16.5. The van der Waals surface area contributed by atoms with E-state index >= 15 is 0 Å². The van der Waals surface area contributed by atoms with Gasteiger partial charge in [0.25, 0.3) is 17.7 Å². The molecule has 8 heteroatoms. The van der Waals surface area contributed by atoms with E-state index in [2.05, 4.69) is 11.9 Å². The van der Waals surface area contributed by atoms with Crippen LogP contribution in [0.5, 0.6) is 5.75 Å². The number of rotatable bonds is 8. The summed E-state index contributed by atoms with van der Waals surface area (Å²) in [5.41, 5.74) is 1.06. The van der Waals surface area contributed by atoms with Crippen molar-refractivity contribution in [1.82, 2.24) is 15.1 Å². The van der Waals surface area contributed by atoms with Crippen LogP contribution in [0.2, 0.25) is 0 Å². The van der Waals surface area contributed by atoms with Gasteiger partial charge in [0.1, 0.15) is 17.9 Å². The first-order chi connectivity index (χ1) is 15.7. The van der Waals surface area contributed by atoms with Crippen molar-refractivity contribution in [1.29, 1.82) is 0 Å². The molecule has 1 saturated heterocycles. The minimum absolute atomic E-state index is 0.0907. The molecule has 1 N–H and O–H groups in total. The summed E-state index contributed by atoms with van der Waals surface area (Å²) in [6.45, 7) is 7.92. The lowest BCUT2D eigenvalue weighted by Crippen LogP contribution is -2.41. The van der Waals surface area contributed by atoms with Gasteiger partial charge in [0.15, 0.2) is 0 Å². The van der Waals surface area contributed by atoms with E-state index in [1.165, 1.54) is 0 Å². The number of benzene rings is 2. The molecule has 170 valence electrons. The predicted molar refractivity (Wildman–Crippen MR) is 121 cm³/mol. The van der Waals surface area contributed by atoms with Crippen molar-refractivity contribution in [2.45, 2.75) is 25.8 Å². The molecule has 1 unspecified atom stereocenters. The molecule has 2 aromatic rings. The predicted octanol–water partition coefficient (Wildman–Crippen LogP) is 3.09. The fourth-order valence-electron chi connectivity index (χ4n) is 4.02. The van der Waals surface area contributed by atoms with Crippen molar-refractivity contribution < 1.29 is 23.9 Å². The van der Waals surface area contributed by atoms with Crippen LogP contribution in [0, 0.1) is 0 Å². The largest absolute Gasteiger partial charge is 0.489 e. The third-order valence-corrected chi connectivity index (χ3v) is 5.83. The normalized spacial score (nSPS) is 19.7. The standard InChI is InChI=1S/C25H25N3O5/c1-16(2)15-33-18-11-9-17(10-12-18)25(3)23(31)28(24(32)26-25)14-6-13-27-21(29)19-7-4-5-8-20(19)22(27)30/h4-5,7-12H,1,6,13-15H2,2-3H3,(H,26,32). The number of carbonyl (C=O) groups excluding carboxylic acids is 4. The number of nitrogens with zero attached hydrogens (tertiary/aromatic N) is 2. The second-order valence-electron chi connectivity index (χ2n) is 8.44. The summed E-state index contributed by atoms with van der Waals surface area (Å²) < 4.78 is 5.59. The Balaban J connectivity index is 1.39. The van der Waals surface area contributed by atoms with Gasteiger partial charge < -0.3 is 10.1 Å². The zero-order chi connectivity index (χ0) is 23.8. The Morgan fingerprint density at radius 2 is 1.52 bits per heavy atom. The summed E-state index contributed by atoms with van der Waals surface area (Å²) in [5, 5.41) is 2.76. The van der Waals surface area contributed by atoms with Gasteiger partial charge in [0, 0.05) is 13.1 Å². The van der Waals surface area contributed by atoms with Gasteiger partial charge in [0.05, 0.1) is 11.1 Å². The van der Waals surface area contributed by atoms with Crippen LogP contribution in [-0.2, 0) is 10.3 Å². The van der Waals surface area contributed by atoms with Gasteiger partial charge in [-0.1, -0.05) is 30.8 Å². The smallest absolute Gasteiger partial charge is 0.325 e. The molecule has 4 rings (SSSR count). The van der Waals surface area contributed by atoms with Crippen LogP contribution >= 0.6 is 0 Å². The average molecular weight is 447 g/mol. The highest BCUT2D eigenvalue weighted by Crippen LogP contribution is 2.30. The highest BCUT2D eigenvalue weighted by molar-refractivity contribution is 6.21. The fourth-order valence-corrected chi connectivity index (χ4v) is 4.02. The summed E-state index contributed by atoms with van der Waals surface area (Å²) in [4.78, 5) is 53.0. The number of amides is 5. The average Bonchev–Trinajstić information content (AvgIpc) is 3.18. The molecule has 0 spiro atoms. The summed E-state index contributed by atoms with van der Waals surface area (Å²) in [7, 11) is 0. The first-order valence-corrected chi connectivity index (χ1v) is 10.7. The van der Waals surface area contributed by atoms with Crippen LogP contribution in [0.25, 0.3) is 0 Å². The van der Waals surface area contributed by atoms with E-state index in [1.807, 2.05) is 6.92 Å². The zero-order valence-electron chi connectivity index (χ0n) is 18.6. The quantitative estimate of drug-likeness (QED) is 0.381. The Hall–Kier alpha value is -3.94. The minimum atomic E-state index is -1.21. The third kappa shape index (κ3) is 4.00. The topological polar surface area (TPSA) is 96.0 Å². The zero-order valence-corrected chi connectivity index (χ0v) is 18.6. The maximum atomic E-state index is 13.1. The number of hydrogen-bond donors (Lipinski definition) is 1. The van der Waals surface area contributed by atoms with Crippen LogP contribution in [0.1, 0.15) is 46.5 Å². The molecule has 0 aliphatic carbocycles. The van der Waals surface area contributed by atoms with Crippen LogP contribution in [-0.4, -0.2) is 53.2 Å². The summed E-state index contributed by atoms with van der Waals surface area (Å²) >= 11 is 0. The summed E-state index contributed by atoms with van der Waals surface area (Å²) in [5.74, 6) is -0.455. The highest BCUT2D eigenvalue weighted by Gasteiger charge is 2.48. The van der Waals surface area contributed by atoms with Gasteiger partial charge in [-0.2, -0.15) is 0 Å². The van der Waals surface area contributed by atoms with Crippen molar-refractivity contribution in [2.75, 3.05) is 19.7 Å². The van der Waals surface area contributed by atoms with Gasteiger partial charge >= 0.3 is 6.03 Å². The molecule has 0 bridgehead atoms. The third-order valence-electron chi connectivity index (χ3n) is 5.83. The van der Waals surface area contributed by atoms with Crippen molar-refractivity contribution in [3.05, 3.63) is 77.4 Å². The van der Waals surface area contributed by atoms with E-state index in [4.69, 9.17) is 4.74 Å². The van der Waals surface area contributed by atoms with E-state index in [0.717, 1.165) is 15.4 Å². The van der Waals surface area contributed by atoms with E-state index in [1.54, 1.807) is 55.5 Å². The Morgan fingerprint density at radius 1 is 0.939 bits per heavy atom. The van der Waals surface area contributed by atoms with Crippen molar-refractivity contribution in [2.24, 2.45) is 0 Å². The SMILES string of the molecule is C=C(C)COc1ccc(C2(C)NC(=O)N(CCCN3C(=O)c4ccccc4C3=O)C2=O)cc1. The van der Waals surface area contributed by atoms with Gasteiger partial charge in [-0.15, -0.1) is 0 Å². The molecule has 0 saturated carbocycles. The minimum Gasteiger partial charge on any atom is -0.489 e. The summed E-state index contributed by atoms with van der Waals surface area (Å²) in [6, 6.07) is 13.1. The molecule has 1 fully saturated rings. The molecule has 2 aromatic carbocycles. The second-order valence-corrected chi connectivity index (χ2v) is 8.44. The Bertz CT molecular complexity index is 1120. The molecule has 2 heterocycles. The lowest BCUT2D eigenvalue weighted by atomic mass is 9.92. The maximum absolute atomic E-state index is 13.1. The van der Waals surface area contributed by atoms with Crippen molar-refractivity contribution >= 4 is 23.8 Å². The second kappa shape index (κ2) is 8.54.